The van der Waals surface area contributed by atoms with Crippen LogP contribution in [0.15, 0.2) is 12.1 Å². The number of carbonyl (C=O) groups is 1. The fourth-order valence-corrected chi connectivity index (χ4v) is 3.25. The molecule has 1 aliphatic carbocycles. The smallest absolute Gasteiger partial charge is 0.198 e. The summed E-state index contributed by atoms with van der Waals surface area (Å²) in [5.74, 6) is 0.961. The average molecular weight is 266 g/mol. The molecule has 0 saturated heterocycles. The molecule has 0 radical (unpaired) electrons. The second-order valence-electron chi connectivity index (χ2n) is 5.24. The molecule has 1 aliphatic rings. The zero-order valence-electron chi connectivity index (χ0n) is 11.3. The summed E-state index contributed by atoms with van der Waals surface area (Å²) in [5, 5.41) is 0. The van der Waals surface area contributed by atoms with Gasteiger partial charge in [0.2, 0.25) is 0 Å². The summed E-state index contributed by atoms with van der Waals surface area (Å²) in [6.45, 7) is 4.65. The molecular formula is C15H22O2S. The third kappa shape index (κ3) is 3.66. The number of Topliss-reactive ketones (excluding diaryl/α,β-unsaturated/α-hetero) is 1. The lowest BCUT2D eigenvalue weighted by atomic mass is 9.89. The first-order valence-corrected chi connectivity index (χ1v) is 7.74. The van der Waals surface area contributed by atoms with Gasteiger partial charge in [-0.3, -0.25) is 4.79 Å². The first-order chi connectivity index (χ1) is 8.69. The van der Waals surface area contributed by atoms with Crippen molar-refractivity contribution in [2.75, 3.05) is 6.61 Å². The Morgan fingerprint density at radius 1 is 1.33 bits per heavy atom. The summed E-state index contributed by atoms with van der Waals surface area (Å²) in [7, 11) is 0. The quantitative estimate of drug-likeness (QED) is 0.750. The largest absolute Gasteiger partial charge is 0.370 e. The maximum absolute atomic E-state index is 12.0. The summed E-state index contributed by atoms with van der Waals surface area (Å²) in [6, 6.07) is 3.97. The molecule has 0 bridgehead atoms. The van der Waals surface area contributed by atoms with E-state index < -0.39 is 0 Å². The summed E-state index contributed by atoms with van der Waals surface area (Å²) in [5.41, 5.74) is 0. The fraction of sp³-hybridized carbons (Fsp3) is 0.667. The SMILES string of the molecule is CCc1ccc(C(=O)COC2CCC(C)CC2)s1. The molecule has 0 N–H and O–H groups in total. The second kappa shape index (κ2) is 6.48. The number of thiophene rings is 1. The van der Waals surface area contributed by atoms with Crippen molar-refractivity contribution in [1.29, 1.82) is 0 Å². The number of hydrogen-bond acceptors (Lipinski definition) is 3. The Labute approximate surface area is 113 Å². The van der Waals surface area contributed by atoms with Gasteiger partial charge in [0.1, 0.15) is 6.61 Å². The van der Waals surface area contributed by atoms with Crippen LogP contribution in [0, 0.1) is 5.92 Å². The van der Waals surface area contributed by atoms with Crippen LogP contribution in [0.5, 0.6) is 0 Å². The molecule has 1 fully saturated rings. The summed E-state index contributed by atoms with van der Waals surface area (Å²) in [6.07, 6.45) is 5.99. The van der Waals surface area contributed by atoms with Crippen LogP contribution >= 0.6 is 11.3 Å². The van der Waals surface area contributed by atoms with Gasteiger partial charge in [-0.1, -0.05) is 13.8 Å². The van der Waals surface area contributed by atoms with Crippen LogP contribution in [-0.4, -0.2) is 18.5 Å². The highest BCUT2D eigenvalue weighted by Crippen LogP contribution is 2.26. The van der Waals surface area contributed by atoms with E-state index in [-0.39, 0.29) is 12.4 Å². The van der Waals surface area contributed by atoms with Gasteiger partial charge in [0.25, 0.3) is 0 Å². The third-order valence-corrected chi connectivity index (χ3v) is 4.97. The average Bonchev–Trinajstić information content (AvgIpc) is 2.86. The highest BCUT2D eigenvalue weighted by Gasteiger charge is 2.20. The minimum Gasteiger partial charge on any atom is -0.370 e. The van der Waals surface area contributed by atoms with Gasteiger partial charge in [-0.05, 0) is 50.2 Å². The first-order valence-electron chi connectivity index (χ1n) is 6.92. The predicted octanol–water partition coefficient (Wildman–Crippen LogP) is 4.09. The number of ketones is 1. The lowest BCUT2D eigenvalue weighted by Gasteiger charge is -2.25. The van der Waals surface area contributed by atoms with E-state index >= 15 is 0 Å². The van der Waals surface area contributed by atoms with Crippen LogP contribution in [0.2, 0.25) is 0 Å². The monoisotopic (exact) mass is 266 g/mol. The highest BCUT2D eigenvalue weighted by molar-refractivity contribution is 7.14. The Kier molecular flexibility index (Phi) is 4.95. The second-order valence-corrected chi connectivity index (χ2v) is 6.40. The Hall–Kier alpha value is -0.670. The van der Waals surface area contributed by atoms with Crippen molar-refractivity contribution in [3.05, 3.63) is 21.9 Å². The van der Waals surface area contributed by atoms with Crippen molar-refractivity contribution < 1.29 is 9.53 Å². The third-order valence-electron chi connectivity index (χ3n) is 3.70. The van der Waals surface area contributed by atoms with E-state index in [2.05, 4.69) is 13.8 Å². The molecule has 18 heavy (non-hydrogen) atoms. The molecule has 1 saturated carbocycles. The fourth-order valence-electron chi connectivity index (χ4n) is 2.38. The summed E-state index contributed by atoms with van der Waals surface area (Å²) >= 11 is 1.60. The van der Waals surface area contributed by atoms with Crippen molar-refractivity contribution in [2.24, 2.45) is 5.92 Å². The molecule has 2 rings (SSSR count). The van der Waals surface area contributed by atoms with E-state index in [0.29, 0.717) is 6.10 Å². The van der Waals surface area contributed by atoms with E-state index in [9.17, 15) is 4.79 Å². The first kappa shape index (κ1) is 13.8. The van der Waals surface area contributed by atoms with Gasteiger partial charge in [-0.25, -0.2) is 0 Å². The van der Waals surface area contributed by atoms with Crippen LogP contribution in [-0.2, 0) is 11.2 Å². The summed E-state index contributed by atoms with van der Waals surface area (Å²) < 4.78 is 5.75. The molecule has 1 aromatic heterocycles. The predicted molar refractivity (Wildman–Crippen MR) is 75.4 cm³/mol. The Bertz CT molecular complexity index is 389. The molecule has 0 aliphatic heterocycles. The Balaban J connectivity index is 1.77. The minimum atomic E-state index is 0.137. The summed E-state index contributed by atoms with van der Waals surface area (Å²) in [4.78, 5) is 14.1. The van der Waals surface area contributed by atoms with Gasteiger partial charge < -0.3 is 4.74 Å². The van der Waals surface area contributed by atoms with Gasteiger partial charge in [0.15, 0.2) is 5.78 Å². The van der Waals surface area contributed by atoms with E-state index in [1.807, 2.05) is 12.1 Å². The number of ether oxygens (including phenoxy) is 1. The van der Waals surface area contributed by atoms with Crippen LogP contribution in [0.1, 0.15) is 54.1 Å². The Morgan fingerprint density at radius 2 is 2.06 bits per heavy atom. The number of carbonyl (C=O) groups excluding carboxylic acids is 1. The molecular weight excluding hydrogens is 244 g/mol. The van der Waals surface area contributed by atoms with Crippen molar-refractivity contribution in [3.63, 3.8) is 0 Å². The van der Waals surface area contributed by atoms with Gasteiger partial charge in [0.05, 0.1) is 11.0 Å². The molecule has 1 heterocycles. The van der Waals surface area contributed by atoms with Crippen molar-refractivity contribution >= 4 is 17.1 Å². The maximum atomic E-state index is 12.0. The van der Waals surface area contributed by atoms with Gasteiger partial charge in [-0.15, -0.1) is 11.3 Å². The van der Waals surface area contributed by atoms with Gasteiger partial charge in [0, 0.05) is 4.88 Å². The van der Waals surface area contributed by atoms with Crippen LogP contribution in [0.3, 0.4) is 0 Å². The molecule has 0 unspecified atom stereocenters. The van der Waals surface area contributed by atoms with E-state index in [0.717, 1.165) is 30.1 Å². The van der Waals surface area contributed by atoms with Crippen LogP contribution < -0.4 is 0 Å². The lowest BCUT2D eigenvalue weighted by molar-refractivity contribution is 0.0219. The molecule has 1 aromatic rings. The zero-order valence-corrected chi connectivity index (χ0v) is 12.1. The lowest BCUT2D eigenvalue weighted by Crippen LogP contribution is -2.23. The molecule has 2 nitrogen and oxygen atoms in total. The number of aryl methyl sites for hydroxylation is 1. The van der Waals surface area contributed by atoms with E-state index in [1.54, 1.807) is 11.3 Å². The maximum Gasteiger partial charge on any atom is 0.198 e. The number of rotatable bonds is 5. The van der Waals surface area contributed by atoms with Crippen molar-refractivity contribution in [1.82, 2.24) is 0 Å². The highest BCUT2D eigenvalue weighted by atomic mass is 32.1. The van der Waals surface area contributed by atoms with Crippen molar-refractivity contribution in [3.8, 4) is 0 Å². The zero-order chi connectivity index (χ0) is 13.0. The number of hydrogen-bond donors (Lipinski definition) is 0. The molecule has 3 heteroatoms. The van der Waals surface area contributed by atoms with E-state index in [4.69, 9.17) is 4.74 Å². The normalized spacial score (nSPS) is 24.1. The van der Waals surface area contributed by atoms with Gasteiger partial charge in [-0.2, -0.15) is 0 Å². The molecule has 0 aromatic carbocycles. The van der Waals surface area contributed by atoms with Crippen LogP contribution in [0.25, 0.3) is 0 Å². The molecule has 0 spiro atoms. The molecule has 0 atom stereocenters. The molecule has 0 amide bonds. The molecule has 100 valence electrons. The topological polar surface area (TPSA) is 26.3 Å². The van der Waals surface area contributed by atoms with Gasteiger partial charge >= 0.3 is 0 Å². The van der Waals surface area contributed by atoms with Crippen LogP contribution in [0.4, 0.5) is 0 Å². The van der Waals surface area contributed by atoms with Crippen molar-refractivity contribution in [2.45, 2.75) is 52.1 Å². The standard InChI is InChI=1S/C15H22O2S/c1-3-13-8-9-15(18-13)14(16)10-17-12-6-4-11(2)5-7-12/h8-9,11-12H,3-7,10H2,1-2H3. The Morgan fingerprint density at radius 3 is 2.67 bits per heavy atom. The van der Waals surface area contributed by atoms with E-state index in [1.165, 1.54) is 17.7 Å². The minimum absolute atomic E-state index is 0.137.